The number of ether oxygens (including phenoxy) is 3. The zero-order valence-electron chi connectivity index (χ0n) is 14.7. The van der Waals surface area contributed by atoms with Gasteiger partial charge in [-0.05, 0) is 42.0 Å². The first-order chi connectivity index (χ1) is 12.7. The summed E-state index contributed by atoms with van der Waals surface area (Å²) >= 11 is 0. The molecule has 0 aliphatic carbocycles. The normalized spacial score (nSPS) is 11.0. The van der Waals surface area contributed by atoms with E-state index < -0.39 is 12.0 Å². The van der Waals surface area contributed by atoms with Gasteiger partial charge >= 0.3 is 5.97 Å². The molecule has 5 nitrogen and oxygen atoms in total. The molecule has 0 bridgehead atoms. The molecule has 0 saturated carbocycles. The summed E-state index contributed by atoms with van der Waals surface area (Å²) in [6.45, 7) is 0. The number of rotatable bonds is 6. The topological polar surface area (TPSA) is 70.8 Å². The van der Waals surface area contributed by atoms with E-state index in [1.165, 1.54) is 7.11 Å². The Bertz CT molecular complexity index is 872. The number of carbonyl (C=O) groups excluding carboxylic acids is 1. The molecule has 0 saturated heterocycles. The minimum Gasteiger partial charge on any atom is -0.468 e. The molecule has 0 spiro atoms. The van der Waals surface area contributed by atoms with Crippen LogP contribution in [-0.2, 0) is 9.53 Å². The average molecular weight is 386 g/mol. The van der Waals surface area contributed by atoms with Gasteiger partial charge in [-0.3, -0.25) is 4.79 Å². The van der Waals surface area contributed by atoms with Crippen LogP contribution in [0.4, 0.5) is 0 Å². The van der Waals surface area contributed by atoms with Crippen molar-refractivity contribution in [2.24, 2.45) is 5.73 Å². The van der Waals surface area contributed by atoms with Gasteiger partial charge in [-0.2, -0.15) is 0 Å². The summed E-state index contributed by atoms with van der Waals surface area (Å²) < 4.78 is 16.6. The summed E-state index contributed by atoms with van der Waals surface area (Å²) in [5, 5.41) is 0. The Morgan fingerprint density at radius 3 is 1.85 bits per heavy atom. The highest BCUT2D eigenvalue weighted by Crippen LogP contribution is 2.36. The monoisotopic (exact) mass is 385 g/mol. The minimum atomic E-state index is -0.899. The molecule has 0 heterocycles. The fraction of sp³-hybridized carbons (Fsp3) is 0.0952. The summed E-state index contributed by atoms with van der Waals surface area (Å²) in [5.74, 6) is 1.77. The summed E-state index contributed by atoms with van der Waals surface area (Å²) in [5.41, 5.74) is 6.52. The fourth-order valence-electron chi connectivity index (χ4n) is 2.38. The van der Waals surface area contributed by atoms with Crippen molar-refractivity contribution in [2.75, 3.05) is 7.11 Å². The maximum Gasteiger partial charge on any atom is 0.327 e. The number of hydrogen-bond acceptors (Lipinski definition) is 5. The standard InChI is InChI=1S/C21H19NO4.ClH/c1-24-21(23)20(22)15-12-13-18(25-16-8-4-2-5-9-16)19(14-15)26-17-10-6-3-7-11-17;/h2-14,20H,22H2,1H3;1H/t20-;/m0./s1. The van der Waals surface area contributed by atoms with Crippen LogP contribution in [0, 0.1) is 0 Å². The molecule has 0 fully saturated rings. The summed E-state index contributed by atoms with van der Waals surface area (Å²) in [7, 11) is 1.30. The molecule has 0 aliphatic rings. The SMILES string of the molecule is COC(=O)[C@@H](N)c1ccc(Oc2ccccc2)c(Oc2ccccc2)c1.Cl. The zero-order valence-corrected chi connectivity index (χ0v) is 15.5. The van der Waals surface area contributed by atoms with Crippen molar-refractivity contribution in [3.63, 3.8) is 0 Å². The van der Waals surface area contributed by atoms with Crippen molar-refractivity contribution in [3.05, 3.63) is 84.4 Å². The molecule has 0 aliphatic heterocycles. The number of nitrogens with two attached hydrogens (primary N) is 1. The number of para-hydroxylation sites is 2. The molecule has 3 rings (SSSR count). The number of carbonyl (C=O) groups is 1. The van der Waals surface area contributed by atoms with E-state index in [0.717, 1.165) is 0 Å². The predicted octanol–water partition coefficient (Wildman–Crippen LogP) is 4.87. The van der Waals surface area contributed by atoms with Crippen LogP contribution in [0.5, 0.6) is 23.0 Å². The van der Waals surface area contributed by atoms with Crippen LogP contribution in [0.2, 0.25) is 0 Å². The second-order valence-corrected chi connectivity index (χ2v) is 5.54. The van der Waals surface area contributed by atoms with Gasteiger partial charge in [-0.25, -0.2) is 0 Å². The Morgan fingerprint density at radius 2 is 1.33 bits per heavy atom. The van der Waals surface area contributed by atoms with Crippen molar-refractivity contribution >= 4 is 18.4 Å². The highest BCUT2D eigenvalue weighted by Gasteiger charge is 2.19. The molecule has 0 amide bonds. The second kappa shape index (κ2) is 9.62. The van der Waals surface area contributed by atoms with Crippen molar-refractivity contribution in [3.8, 4) is 23.0 Å². The quantitative estimate of drug-likeness (QED) is 0.613. The molecular formula is C21H20ClNO4. The van der Waals surface area contributed by atoms with Crippen LogP contribution in [0.15, 0.2) is 78.9 Å². The first-order valence-electron chi connectivity index (χ1n) is 8.10. The molecule has 0 radical (unpaired) electrons. The van der Waals surface area contributed by atoms with Crippen molar-refractivity contribution in [1.29, 1.82) is 0 Å². The lowest BCUT2D eigenvalue weighted by Crippen LogP contribution is -2.22. The first kappa shape index (κ1) is 20.3. The Balaban J connectivity index is 0.00000261. The van der Waals surface area contributed by atoms with Gasteiger partial charge < -0.3 is 19.9 Å². The van der Waals surface area contributed by atoms with Gasteiger partial charge in [0.2, 0.25) is 0 Å². The highest BCUT2D eigenvalue weighted by molar-refractivity contribution is 5.85. The van der Waals surface area contributed by atoms with E-state index in [2.05, 4.69) is 0 Å². The third-order valence-corrected chi connectivity index (χ3v) is 3.72. The summed E-state index contributed by atoms with van der Waals surface area (Å²) in [4.78, 5) is 11.7. The van der Waals surface area contributed by atoms with Crippen LogP contribution in [0.25, 0.3) is 0 Å². The molecule has 3 aromatic carbocycles. The van der Waals surface area contributed by atoms with Crippen LogP contribution >= 0.6 is 12.4 Å². The van der Waals surface area contributed by atoms with Crippen molar-refractivity contribution in [2.45, 2.75) is 6.04 Å². The van der Waals surface area contributed by atoms with E-state index in [1.54, 1.807) is 18.2 Å². The van der Waals surface area contributed by atoms with E-state index in [9.17, 15) is 4.79 Å². The summed E-state index contributed by atoms with van der Waals surface area (Å²) in [6, 6.07) is 22.9. The van der Waals surface area contributed by atoms with Gasteiger partial charge in [0.1, 0.15) is 17.5 Å². The number of benzene rings is 3. The molecular weight excluding hydrogens is 366 g/mol. The number of halogens is 1. The molecule has 140 valence electrons. The zero-order chi connectivity index (χ0) is 18.4. The third-order valence-electron chi connectivity index (χ3n) is 3.72. The Labute approximate surface area is 164 Å². The summed E-state index contributed by atoms with van der Waals surface area (Å²) in [6.07, 6.45) is 0. The van der Waals surface area contributed by atoms with Crippen LogP contribution in [-0.4, -0.2) is 13.1 Å². The van der Waals surface area contributed by atoms with E-state index in [-0.39, 0.29) is 12.4 Å². The fourth-order valence-corrected chi connectivity index (χ4v) is 2.38. The molecule has 1 atom stereocenters. The van der Waals surface area contributed by atoms with Crippen LogP contribution in [0.1, 0.15) is 11.6 Å². The molecule has 3 aromatic rings. The van der Waals surface area contributed by atoms with Crippen LogP contribution < -0.4 is 15.2 Å². The van der Waals surface area contributed by atoms with Gasteiger partial charge in [0.05, 0.1) is 7.11 Å². The Hall–Kier alpha value is -3.02. The number of esters is 1. The minimum absolute atomic E-state index is 0. The average Bonchev–Trinajstić information content (AvgIpc) is 2.69. The molecule has 2 N–H and O–H groups in total. The first-order valence-corrected chi connectivity index (χ1v) is 8.10. The van der Waals surface area contributed by atoms with Gasteiger partial charge in [0, 0.05) is 0 Å². The largest absolute Gasteiger partial charge is 0.468 e. The van der Waals surface area contributed by atoms with E-state index in [0.29, 0.717) is 28.6 Å². The van der Waals surface area contributed by atoms with Gasteiger partial charge in [0.25, 0.3) is 0 Å². The van der Waals surface area contributed by atoms with E-state index in [4.69, 9.17) is 19.9 Å². The number of hydrogen-bond donors (Lipinski definition) is 1. The second-order valence-electron chi connectivity index (χ2n) is 5.54. The predicted molar refractivity (Wildman–Crippen MR) is 106 cm³/mol. The lowest BCUT2D eigenvalue weighted by Gasteiger charge is -2.16. The lowest BCUT2D eigenvalue weighted by molar-refractivity contribution is -0.142. The van der Waals surface area contributed by atoms with E-state index in [1.807, 2.05) is 60.7 Å². The maximum absolute atomic E-state index is 11.7. The van der Waals surface area contributed by atoms with Crippen molar-refractivity contribution in [1.82, 2.24) is 0 Å². The smallest absolute Gasteiger partial charge is 0.327 e. The van der Waals surface area contributed by atoms with E-state index >= 15 is 0 Å². The van der Waals surface area contributed by atoms with Gasteiger partial charge in [-0.15, -0.1) is 12.4 Å². The molecule has 27 heavy (non-hydrogen) atoms. The molecule has 0 unspecified atom stereocenters. The van der Waals surface area contributed by atoms with Gasteiger partial charge in [0.15, 0.2) is 11.5 Å². The lowest BCUT2D eigenvalue weighted by atomic mass is 10.1. The number of methoxy groups -OCH3 is 1. The molecule has 6 heteroatoms. The van der Waals surface area contributed by atoms with Crippen molar-refractivity contribution < 1.29 is 19.0 Å². The van der Waals surface area contributed by atoms with Gasteiger partial charge in [-0.1, -0.05) is 42.5 Å². The Kier molecular flexibility index (Phi) is 7.23. The Morgan fingerprint density at radius 1 is 0.815 bits per heavy atom. The highest BCUT2D eigenvalue weighted by atomic mass is 35.5. The third kappa shape index (κ3) is 5.23. The van der Waals surface area contributed by atoms with Crippen LogP contribution in [0.3, 0.4) is 0 Å². The maximum atomic E-state index is 11.7. The molecule has 0 aromatic heterocycles.